The molecule has 0 unspecified atom stereocenters. The summed E-state index contributed by atoms with van der Waals surface area (Å²) in [5.41, 5.74) is 4.11. The fourth-order valence-electron chi connectivity index (χ4n) is 3.95. The van der Waals surface area contributed by atoms with E-state index in [4.69, 9.17) is 11.6 Å². The Balaban J connectivity index is 1.29. The van der Waals surface area contributed by atoms with Gasteiger partial charge in [0.2, 0.25) is 5.91 Å². The Morgan fingerprint density at radius 2 is 1.71 bits per heavy atom. The van der Waals surface area contributed by atoms with Crippen LogP contribution in [0.3, 0.4) is 0 Å². The van der Waals surface area contributed by atoms with E-state index >= 15 is 0 Å². The number of nitrogens with one attached hydrogen (secondary N) is 1. The smallest absolute Gasteiger partial charge is 0.253 e. The highest BCUT2D eigenvalue weighted by atomic mass is 35.5. The Bertz CT molecular complexity index is 891. The fourth-order valence-corrected chi connectivity index (χ4v) is 4.13. The average molecular weight is 398 g/mol. The maximum atomic E-state index is 12.8. The van der Waals surface area contributed by atoms with Gasteiger partial charge < -0.3 is 10.2 Å². The number of carbonyl (C=O) groups is 2. The highest BCUT2D eigenvalue weighted by molar-refractivity contribution is 6.33. The molecule has 2 aromatic rings. The average Bonchev–Trinajstić information content (AvgIpc) is 3.17. The normalized spacial score (nSPS) is 16.7. The molecule has 1 fully saturated rings. The molecule has 146 valence electrons. The first-order valence-corrected chi connectivity index (χ1v) is 10.2. The van der Waals surface area contributed by atoms with Crippen molar-refractivity contribution in [2.24, 2.45) is 0 Å². The monoisotopic (exact) mass is 397 g/mol. The van der Waals surface area contributed by atoms with Crippen molar-refractivity contribution < 1.29 is 9.59 Å². The molecule has 28 heavy (non-hydrogen) atoms. The van der Waals surface area contributed by atoms with Gasteiger partial charge in [-0.1, -0.05) is 29.8 Å². The molecule has 6 heteroatoms. The zero-order valence-corrected chi connectivity index (χ0v) is 16.5. The number of amides is 2. The molecule has 4 rings (SSSR count). The molecule has 0 aromatic heterocycles. The second kappa shape index (κ2) is 8.33. The van der Waals surface area contributed by atoms with Gasteiger partial charge in [0, 0.05) is 31.7 Å². The topological polar surface area (TPSA) is 52.7 Å². The predicted octanol–water partition coefficient (Wildman–Crippen LogP) is 3.23. The SMILES string of the molecule is O=C(CN1CCN(C(=O)c2ccc3c(c2)CCC3)CC1)Nc1ccccc1Cl. The van der Waals surface area contributed by atoms with Crippen LogP contribution >= 0.6 is 11.6 Å². The van der Waals surface area contributed by atoms with E-state index in [2.05, 4.69) is 22.3 Å². The van der Waals surface area contributed by atoms with Gasteiger partial charge in [0.25, 0.3) is 5.91 Å². The number of fused-ring (bicyclic) bond motifs is 1. The van der Waals surface area contributed by atoms with Gasteiger partial charge in [-0.05, 0) is 54.7 Å². The predicted molar refractivity (Wildman–Crippen MR) is 111 cm³/mol. The van der Waals surface area contributed by atoms with Crippen LogP contribution in [0.1, 0.15) is 27.9 Å². The van der Waals surface area contributed by atoms with Crippen LogP contribution in [0.15, 0.2) is 42.5 Å². The standard InChI is InChI=1S/C22H24ClN3O2/c23-19-6-1-2-7-20(19)24-21(27)15-25-10-12-26(13-11-25)22(28)18-9-8-16-4-3-5-17(16)14-18/h1-2,6-9,14H,3-5,10-13,15H2,(H,24,27). The molecule has 2 amide bonds. The summed E-state index contributed by atoms with van der Waals surface area (Å²) in [5, 5.41) is 3.38. The molecule has 0 spiro atoms. The van der Waals surface area contributed by atoms with Gasteiger partial charge in [0.05, 0.1) is 17.3 Å². The van der Waals surface area contributed by atoms with Crippen molar-refractivity contribution in [3.63, 3.8) is 0 Å². The van der Waals surface area contributed by atoms with E-state index in [0.717, 1.165) is 18.4 Å². The number of piperazine rings is 1. The van der Waals surface area contributed by atoms with Crippen molar-refractivity contribution in [2.75, 3.05) is 38.0 Å². The number of hydrogen-bond donors (Lipinski definition) is 1. The third-order valence-electron chi connectivity index (χ3n) is 5.52. The molecule has 1 saturated heterocycles. The Morgan fingerprint density at radius 1 is 0.964 bits per heavy atom. The number of para-hydroxylation sites is 1. The van der Waals surface area contributed by atoms with Gasteiger partial charge in [-0.15, -0.1) is 0 Å². The van der Waals surface area contributed by atoms with Crippen LogP contribution in [0.2, 0.25) is 5.02 Å². The Labute approximate surface area is 170 Å². The first kappa shape index (κ1) is 19.0. The number of carbonyl (C=O) groups excluding carboxylic acids is 2. The summed E-state index contributed by atoms with van der Waals surface area (Å²) in [4.78, 5) is 29.1. The van der Waals surface area contributed by atoms with Crippen LogP contribution < -0.4 is 5.32 Å². The molecule has 1 heterocycles. The summed E-state index contributed by atoms with van der Waals surface area (Å²) in [6.07, 6.45) is 3.38. The van der Waals surface area contributed by atoms with Crippen LogP contribution in [0, 0.1) is 0 Å². The summed E-state index contributed by atoms with van der Waals surface area (Å²) in [6.45, 7) is 2.94. The first-order valence-electron chi connectivity index (χ1n) is 9.78. The van der Waals surface area contributed by atoms with Crippen molar-refractivity contribution in [3.8, 4) is 0 Å². The lowest BCUT2D eigenvalue weighted by atomic mass is 10.1. The number of anilines is 1. The minimum Gasteiger partial charge on any atom is -0.336 e. The molecular weight excluding hydrogens is 374 g/mol. The zero-order valence-electron chi connectivity index (χ0n) is 15.8. The lowest BCUT2D eigenvalue weighted by Gasteiger charge is -2.34. The minimum atomic E-state index is -0.0912. The van der Waals surface area contributed by atoms with Crippen molar-refractivity contribution in [2.45, 2.75) is 19.3 Å². The molecule has 0 radical (unpaired) electrons. The molecule has 1 aliphatic carbocycles. The van der Waals surface area contributed by atoms with Gasteiger partial charge in [-0.2, -0.15) is 0 Å². The van der Waals surface area contributed by atoms with Gasteiger partial charge in [0.15, 0.2) is 0 Å². The summed E-state index contributed by atoms with van der Waals surface area (Å²) in [6, 6.07) is 13.3. The Hall–Kier alpha value is -2.37. The van der Waals surface area contributed by atoms with Crippen molar-refractivity contribution in [1.29, 1.82) is 0 Å². The summed E-state index contributed by atoms with van der Waals surface area (Å²) in [7, 11) is 0. The van der Waals surface area contributed by atoms with Crippen molar-refractivity contribution >= 4 is 29.1 Å². The van der Waals surface area contributed by atoms with Crippen LogP contribution in [-0.2, 0) is 17.6 Å². The second-order valence-electron chi connectivity index (χ2n) is 7.43. The minimum absolute atomic E-state index is 0.0912. The zero-order chi connectivity index (χ0) is 19.5. The van der Waals surface area contributed by atoms with Crippen molar-refractivity contribution in [1.82, 2.24) is 9.80 Å². The molecule has 2 aromatic carbocycles. The molecule has 0 saturated carbocycles. The summed E-state index contributed by atoms with van der Waals surface area (Å²) < 4.78 is 0. The van der Waals surface area contributed by atoms with E-state index in [1.54, 1.807) is 12.1 Å². The van der Waals surface area contributed by atoms with E-state index in [0.29, 0.717) is 43.4 Å². The quantitative estimate of drug-likeness (QED) is 0.861. The van der Waals surface area contributed by atoms with Gasteiger partial charge in [-0.3, -0.25) is 14.5 Å². The molecular formula is C22H24ClN3O2. The van der Waals surface area contributed by atoms with Crippen molar-refractivity contribution in [3.05, 3.63) is 64.2 Å². The molecule has 2 aliphatic rings. The number of nitrogens with zero attached hydrogens (tertiary/aromatic N) is 2. The summed E-state index contributed by atoms with van der Waals surface area (Å²) >= 11 is 6.09. The van der Waals surface area contributed by atoms with E-state index in [9.17, 15) is 9.59 Å². The van der Waals surface area contributed by atoms with Gasteiger partial charge >= 0.3 is 0 Å². The highest BCUT2D eigenvalue weighted by Crippen LogP contribution is 2.24. The largest absolute Gasteiger partial charge is 0.336 e. The maximum Gasteiger partial charge on any atom is 0.253 e. The fraction of sp³-hybridized carbons (Fsp3) is 0.364. The highest BCUT2D eigenvalue weighted by Gasteiger charge is 2.24. The Morgan fingerprint density at radius 3 is 2.50 bits per heavy atom. The Kier molecular flexibility index (Phi) is 5.64. The number of hydrogen-bond acceptors (Lipinski definition) is 3. The maximum absolute atomic E-state index is 12.8. The molecule has 0 atom stereocenters. The van der Waals surface area contributed by atoms with E-state index in [1.807, 2.05) is 23.1 Å². The van der Waals surface area contributed by atoms with Gasteiger partial charge in [-0.25, -0.2) is 0 Å². The lowest BCUT2D eigenvalue weighted by molar-refractivity contribution is -0.117. The first-order chi connectivity index (χ1) is 13.6. The lowest BCUT2D eigenvalue weighted by Crippen LogP contribution is -2.50. The third-order valence-corrected chi connectivity index (χ3v) is 5.85. The number of aryl methyl sites for hydroxylation is 2. The second-order valence-corrected chi connectivity index (χ2v) is 7.84. The van der Waals surface area contributed by atoms with Crippen LogP contribution in [0.4, 0.5) is 5.69 Å². The number of rotatable bonds is 4. The van der Waals surface area contributed by atoms with E-state index in [-0.39, 0.29) is 11.8 Å². The van der Waals surface area contributed by atoms with E-state index < -0.39 is 0 Å². The molecule has 5 nitrogen and oxygen atoms in total. The van der Waals surface area contributed by atoms with Crippen LogP contribution in [-0.4, -0.2) is 54.3 Å². The third kappa shape index (κ3) is 4.21. The van der Waals surface area contributed by atoms with Crippen LogP contribution in [0.5, 0.6) is 0 Å². The molecule has 1 aliphatic heterocycles. The molecule has 1 N–H and O–H groups in total. The van der Waals surface area contributed by atoms with E-state index in [1.165, 1.54) is 17.5 Å². The molecule has 0 bridgehead atoms. The number of benzene rings is 2. The number of halogens is 1. The van der Waals surface area contributed by atoms with Gasteiger partial charge in [0.1, 0.15) is 0 Å². The summed E-state index contributed by atoms with van der Waals surface area (Å²) in [5.74, 6) is 0.00127. The van der Waals surface area contributed by atoms with Crippen LogP contribution in [0.25, 0.3) is 0 Å².